The van der Waals surface area contributed by atoms with E-state index >= 15 is 0 Å². The normalized spacial score (nSPS) is 16.8. The van der Waals surface area contributed by atoms with Crippen LogP contribution in [0.4, 0.5) is 4.79 Å². The number of piperidine rings is 1. The molecule has 0 spiro atoms. The number of thiazole rings is 1. The predicted molar refractivity (Wildman–Crippen MR) is 89.2 cm³/mol. The molecule has 1 fully saturated rings. The fourth-order valence-corrected chi connectivity index (χ4v) is 3.24. The maximum Gasteiger partial charge on any atom is 0.410 e. The van der Waals surface area contributed by atoms with Crippen molar-refractivity contribution in [2.45, 2.75) is 65.1 Å². The first-order valence-corrected chi connectivity index (χ1v) is 8.84. The van der Waals surface area contributed by atoms with Crippen LogP contribution in [-0.2, 0) is 17.7 Å². The van der Waals surface area contributed by atoms with Gasteiger partial charge in [-0.15, -0.1) is 11.3 Å². The average Bonchev–Trinajstić information content (AvgIpc) is 2.92. The lowest BCUT2D eigenvalue weighted by molar-refractivity contribution is 0.0198. The van der Waals surface area contributed by atoms with E-state index in [9.17, 15) is 4.79 Å². The molecule has 0 aliphatic carbocycles. The molecular formula is C16H27N3O2S. The number of carbonyl (C=O) groups excluding carboxylic acids is 1. The van der Waals surface area contributed by atoms with Crippen LogP contribution >= 0.6 is 11.3 Å². The Hall–Kier alpha value is -1.14. The van der Waals surface area contributed by atoms with Gasteiger partial charge in [0, 0.05) is 36.8 Å². The van der Waals surface area contributed by atoms with E-state index < -0.39 is 5.60 Å². The molecule has 1 aromatic heterocycles. The van der Waals surface area contributed by atoms with Crippen LogP contribution in [0.3, 0.4) is 0 Å². The zero-order chi connectivity index (χ0) is 16.2. The van der Waals surface area contributed by atoms with E-state index in [-0.39, 0.29) is 6.09 Å². The summed E-state index contributed by atoms with van der Waals surface area (Å²) in [6.45, 7) is 10.2. The third-order valence-electron chi connectivity index (χ3n) is 3.62. The van der Waals surface area contributed by atoms with Gasteiger partial charge in [0.1, 0.15) is 5.60 Å². The highest BCUT2D eigenvalue weighted by molar-refractivity contribution is 7.11. The minimum atomic E-state index is -0.421. The molecule has 0 saturated carbocycles. The summed E-state index contributed by atoms with van der Waals surface area (Å²) < 4.78 is 5.42. The van der Waals surface area contributed by atoms with E-state index in [0.29, 0.717) is 6.04 Å². The fraction of sp³-hybridized carbons (Fsp3) is 0.750. The van der Waals surface area contributed by atoms with Crippen LogP contribution in [-0.4, -0.2) is 40.7 Å². The van der Waals surface area contributed by atoms with Gasteiger partial charge in [-0.05, 0) is 40.0 Å². The Morgan fingerprint density at radius 2 is 2.14 bits per heavy atom. The van der Waals surface area contributed by atoms with Gasteiger partial charge in [0.15, 0.2) is 0 Å². The van der Waals surface area contributed by atoms with E-state index in [0.717, 1.165) is 38.9 Å². The highest BCUT2D eigenvalue weighted by atomic mass is 32.1. The lowest BCUT2D eigenvalue weighted by atomic mass is 10.1. The summed E-state index contributed by atoms with van der Waals surface area (Å²) >= 11 is 1.78. The van der Waals surface area contributed by atoms with E-state index in [1.54, 1.807) is 11.3 Å². The maximum atomic E-state index is 12.0. The Kier molecular flexibility index (Phi) is 5.81. The number of ether oxygens (including phenoxy) is 1. The number of likely N-dealkylation sites (tertiary alicyclic amines) is 1. The van der Waals surface area contributed by atoms with Gasteiger partial charge in [-0.25, -0.2) is 9.78 Å². The predicted octanol–water partition coefficient (Wildman–Crippen LogP) is 3.19. The van der Waals surface area contributed by atoms with Crippen LogP contribution in [0, 0.1) is 0 Å². The highest BCUT2D eigenvalue weighted by Gasteiger charge is 2.26. The van der Waals surface area contributed by atoms with E-state index in [1.807, 2.05) is 31.9 Å². The van der Waals surface area contributed by atoms with Crippen molar-refractivity contribution in [2.24, 2.45) is 0 Å². The van der Waals surface area contributed by atoms with Gasteiger partial charge in [0.2, 0.25) is 0 Å². The lowest BCUT2D eigenvalue weighted by Gasteiger charge is -2.33. The number of amides is 1. The topological polar surface area (TPSA) is 54.5 Å². The van der Waals surface area contributed by atoms with Crippen molar-refractivity contribution in [1.29, 1.82) is 0 Å². The summed E-state index contributed by atoms with van der Waals surface area (Å²) in [5.74, 6) is 0. The van der Waals surface area contributed by atoms with E-state index in [4.69, 9.17) is 4.74 Å². The number of rotatable bonds is 4. The first-order chi connectivity index (χ1) is 10.4. The zero-order valence-electron chi connectivity index (χ0n) is 14.0. The standard InChI is InChI=1S/C16H27N3O2S/c1-5-14-18-11-13(22-14)10-17-12-6-8-19(9-7-12)15(20)21-16(2,3)4/h11-12,17H,5-10H2,1-4H3. The second-order valence-electron chi connectivity index (χ2n) is 6.70. The number of nitrogens with one attached hydrogen (secondary N) is 1. The monoisotopic (exact) mass is 325 g/mol. The zero-order valence-corrected chi connectivity index (χ0v) is 14.8. The number of carbonyl (C=O) groups is 1. The maximum absolute atomic E-state index is 12.0. The molecule has 0 atom stereocenters. The molecule has 6 heteroatoms. The van der Waals surface area contributed by atoms with Crippen molar-refractivity contribution >= 4 is 17.4 Å². The Morgan fingerprint density at radius 1 is 1.45 bits per heavy atom. The molecule has 5 nitrogen and oxygen atoms in total. The fourth-order valence-electron chi connectivity index (χ4n) is 2.43. The Labute approximate surface area is 137 Å². The third-order valence-corrected chi connectivity index (χ3v) is 4.76. The molecule has 1 aliphatic rings. The second-order valence-corrected chi connectivity index (χ2v) is 7.90. The summed E-state index contributed by atoms with van der Waals surface area (Å²) in [7, 11) is 0. The molecule has 1 amide bonds. The summed E-state index contributed by atoms with van der Waals surface area (Å²) in [5, 5.41) is 4.77. The van der Waals surface area contributed by atoms with Gasteiger partial charge < -0.3 is 15.0 Å². The first kappa shape index (κ1) is 17.2. The molecule has 2 heterocycles. The number of aromatic nitrogens is 1. The molecule has 1 saturated heterocycles. The van der Waals surface area contributed by atoms with Crippen LogP contribution in [0.15, 0.2) is 6.20 Å². The lowest BCUT2D eigenvalue weighted by Crippen LogP contribution is -2.46. The van der Waals surface area contributed by atoms with Crippen LogP contribution in [0.25, 0.3) is 0 Å². The Bertz CT molecular complexity index is 488. The molecule has 0 unspecified atom stereocenters. The molecule has 1 aliphatic heterocycles. The van der Waals surface area contributed by atoms with E-state index in [1.165, 1.54) is 9.88 Å². The molecular weight excluding hydrogens is 298 g/mol. The minimum absolute atomic E-state index is 0.194. The Balaban J connectivity index is 1.72. The molecule has 124 valence electrons. The minimum Gasteiger partial charge on any atom is -0.444 e. The largest absolute Gasteiger partial charge is 0.444 e. The highest BCUT2D eigenvalue weighted by Crippen LogP contribution is 2.17. The van der Waals surface area contributed by atoms with Gasteiger partial charge in [0.05, 0.1) is 5.01 Å². The molecule has 0 radical (unpaired) electrons. The SMILES string of the molecule is CCc1ncc(CNC2CCN(C(=O)OC(C)(C)C)CC2)s1. The quantitative estimate of drug-likeness (QED) is 0.923. The summed E-state index contributed by atoms with van der Waals surface area (Å²) in [6, 6.07) is 0.464. The number of hydrogen-bond acceptors (Lipinski definition) is 5. The van der Waals surface area contributed by atoms with Crippen LogP contribution in [0.1, 0.15) is 50.4 Å². The van der Waals surface area contributed by atoms with Crippen LogP contribution in [0.5, 0.6) is 0 Å². The van der Waals surface area contributed by atoms with Crippen LogP contribution in [0.2, 0.25) is 0 Å². The summed E-state index contributed by atoms with van der Waals surface area (Å²) in [6.07, 6.45) is 4.71. The van der Waals surface area contributed by atoms with Crippen molar-refractivity contribution < 1.29 is 9.53 Å². The molecule has 2 rings (SSSR count). The van der Waals surface area contributed by atoms with Gasteiger partial charge in [0.25, 0.3) is 0 Å². The van der Waals surface area contributed by atoms with Crippen molar-refractivity contribution in [3.05, 3.63) is 16.1 Å². The van der Waals surface area contributed by atoms with Crippen molar-refractivity contribution in [2.75, 3.05) is 13.1 Å². The van der Waals surface area contributed by atoms with E-state index in [2.05, 4.69) is 17.2 Å². The molecule has 0 bridgehead atoms. The number of nitrogens with zero attached hydrogens (tertiary/aromatic N) is 2. The smallest absolute Gasteiger partial charge is 0.410 e. The average molecular weight is 325 g/mol. The molecule has 1 N–H and O–H groups in total. The number of aryl methyl sites for hydroxylation is 1. The third kappa shape index (κ3) is 5.25. The van der Waals surface area contributed by atoms with Gasteiger partial charge >= 0.3 is 6.09 Å². The molecule has 0 aromatic carbocycles. The van der Waals surface area contributed by atoms with Gasteiger partial charge in [-0.1, -0.05) is 6.92 Å². The van der Waals surface area contributed by atoms with Crippen molar-refractivity contribution in [1.82, 2.24) is 15.2 Å². The molecule has 1 aromatic rings. The summed E-state index contributed by atoms with van der Waals surface area (Å²) in [4.78, 5) is 19.5. The molecule has 22 heavy (non-hydrogen) atoms. The van der Waals surface area contributed by atoms with Crippen molar-refractivity contribution in [3.63, 3.8) is 0 Å². The van der Waals surface area contributed by atoms with Crippen LogP contribution < -0.4 is 5.32 Å². The van der Waals surface area contributed by atoms with Crippen molar-refractivity contribution in [3.8, 4) is 0 Å². The number of hydrogen-bond donors (Lipinski definition) is 1. The van der Waals surface area contributed by atoms with Gasteiger partial charge in [-0.3, -0.25) is 0 Å². The Morgan fingerprint density at radius 3 is 2.68 bits per heavy atom. The summed E-state index contributed by atoms with van der Waals surface area (Å²) in [5.41, 5.74) is -0.421. The first-order valence-electron chi connectivity index (χ1n) is 8.02. The second kappa shape index (κ2) is 7.42. The van der Waals surface area contributed by atoms with Gasteiger partial charge in [-0.2, -0.15) is 0 Å².